The Morgan fingerprint density at radius 1 is 0.975 bits per heavy atom. The van der Waals surface area contributed by atoms with Gasteiger partial charge in [0.1, 0.15) is 17.3 Å². The van der Waals surface area contributed by atoms with Gasteiger partial charge in [-0.3, -0.25) is 9.59 Å². The van der Waals surface area contributed by atoms with E-state index in [1.54, 1.807) is 17.0 Å². The minimum atomic E-state index is -0.694. The maximum absolute atomic E-state index is 13.5. The Kier molecular flexibility index (Phi) is 11.6. The Balaban J connectivity index is 2.00. The largest absolute Gasteiger partial charge is 0.507 e. The van der Waals surface area contributed by atoms with Gasteiger partial charge in [0.25, 0.3) is 11.7 Å². The summed E-state index contributed by atoms with van der Waals surface area (Å²) in [4.78, 5) is 30.6. The van der Waals surface area contributed by atoms with Gasteiger partial charge in [0.05, 0.1) is 24.8 Å². The van der Waals surface area contributed by atoms with Crippen LogP contribution in [0.2, 0.25) is 0 Å². The Morgan fingerprint density at radius 2 is 1.65 bits per heavy atom. The average Bonchev–Trinajstić information content (AvgIpc) is 3.20. The van der Waals surface area contributed by atoms with Crippen LogP contribution in [0.4, 0.5) is 0 Å². The predicted molar refractivity (Wildman–Crippen MR) is 160 cm³/mol. The summed E-state index contributed by atoms with van der Waals surface area (Å²) < 4.78 is 11.7. The van der Waals surface area contributed by atoms with Crippen molar-refractivity contribution in [3.8, 4) is 11.5 Å². The van der Waals surface area contributed by atoms with E-state index in [2.05, 4.69) is 39.5 Å². The third kappa shape index (κ3) is 7.66. The van der Waals surface area contributed by atoms with Crippen LogP contribution in [0.15, 0.2) is 48.0 Å². The van der Waals surface area contributed by atoms with Gasteiger partial charge in [-0.15, -0.1) is 0 Å². The number of benzene rings is 2. The van der Waals surface area contributed by atoms with E-state index in [1.165, 1.54) is 0 Å². The van der Waals surface area contributed by atoms with Crippen LogP contribution in [0.5, 0.6) is 11.5 Å². The fourth-order valence-electron chi connectivity index (χ4n) is 4.93. The Hall–Kier alpha value is -3.32. The number of aliphatic hydroxyl groups is 1. The lowest BCUT2D eigenvalue weighted by Crippen LogP contribution is -2.38. The number of aliphatic hydroxyl groups excluding tert-OH is 1. The number of likely N-dealkylation sites (tertiary alicyclic amines) is 1. The van der Waals surface area contributed by atoms with Gasteiger partial charge < -0.3 is 24.4 Å². The van der Waals surface area contributed by atoms with Crippen LogP contribution < -0.4 is 9.47 Å². The normalized spacial score (nSPS) is 16.8. The molecule has 40 heavy (non-hydrogen) atoms. The summed E-state index contributed by atoms with van der Waals surface area (Å²) in [6.45, 7) is 16.3. The van der Waals surface area contributed by atoms with Crippen LogP contribution in [0.25, 0.3) is 5.76 Å². The topological polar surface area (TPSA) is 79.3 Å². The monoisotopic (exact) mass is 550 g/mol. The molecule has 0 bridgehead atoms. The van der Waals surface area contributed by atoms with Gasteiger partial charge in [-0.25, -0.2) is 0 Å². The highest BCUT2D eigenvalue weighted by atomic mass is 16.5. The van der Waals surface area contributed by atoms with Gasteiger partial charge in [0.15, 0.2) is 0 Å². The number of amides is 1. The van der Waals surface area contributed by atoms with Crippen LogP contribution in [0.3, 0.4) is 0 Å². The first kappa shape index (κ1) is 31.2. The zero-order valence-electron chi connectivity index (χ0n) is 25.0. The van der Waals surface area contributed by atoms with Crippen LogP contribution >= 0.6 is 0 Å². The molecule has 0 aliphatic carbocycles. The number of hydrogen-bond acceptors (Lipinski definition) is 6. The standard InChI is InChI=1S/C33H46N2O5/c1-7-10-11-20-39-26-14-12-25(13-15-26)30-29(32(37)33(38)35(30)19-18-34(8-2)9-3)31(36)28-17-16-27(21-24(28)6)40-22-23(4)5/h12-17,21,23,30,36H,7-11,18-20,22H2,1-6H3/b31-29+. The number of likely N-dealkylation sites (N-methyl/N-ethyl adjacent to an activating group) is 1. The molecule has 1 aliphatic rings. The first-order chi connectivity index (χ1) is 19.2. The van der Waals surface area contributed by atoms with Gasteiger partial charge in [-0.2, -0.15) is 0 Å². The molecule has 1 heterocycles. The molecule has 1 unspecified atom stereocenters. The summed E-state index contributed by atoms with van der Waals surface area (Å²) in [7, 11) is 0. The van der Waals surface area contributed by atoms with Gasteiger partial charge in [0, 0.05) is 18.7 Å². The van der Waals surface area contributed by atoms with E-state index >= 15 is 0 Å². The number of ketones is 1. The van der Waals surface area contributed by atoms with Gasteiger partial charge in [-0.05, 0) is 73.8 Å². The van der Waals surface area contributed by atoms with Crippen molar-refractivity contribution in [2.45, 2.75) is 66.8 Å². The molecule has 1 saturated heterocycles. The second kappa shape index (κ2) is 14.9. The van der Waals surface area contributed by atoms with E-state index in [1.807, 2.05) is 37.3 Å². The molecule has 0 radical (unpaired) electrons. The first-order valence-electron chi connectivity index (χ1n) is 14.7. The summed E-state index contributed by atoms with van der Waals surface area (Å²) >= 11 is 0. The molecule has 1 N–H and O–H groups in total. The average molecular weight is 551 g/mol. The minimum absolute atomic E-state index is 0.111. The molecule has 3 rings (SSSR count). The molecule has 1 fully saturated rings. The highest BCUT2D eigenvalue weighted by Gasteiger charge is 2.46. The molecule has 0 aromatic heterocycles. The van der Waals surface area contributed by atoms with Crippen molar-refractivity contribution < 1.29 is 24.2 Å². The first-order valence-corrected chi connectivity index (χ1v) is 14.7. The van der Waals surface area contributed by atoms with E-state index < -0.39 is 17.7 Å². The third-order valence-corrected chi connectivity index (χ3v) is 7.34. The zero-order valence-corrected chi connectivity index (χ0v) is 25.0. The van der Waals surface area contributed by atoms with E-state index in [9.17, 15) is 14.7 Å². The van der Waals surface area contributed by atoms with E-state index in [-0.39, 0.29) is 11.3 Å². The molecule has 0 spiro atoms. The van der Waals surface area contributed by atoms with Gasteiger partial charge in [-0.1, -0.05) is 59.6 Å². The van der Waals surface area contributed by atoms with Crippen molar-refractivity contribution in [1.82, 2.24) is 9.80 Å². The van der Waals surface area contributed by atoms with E-state index in [4.69, 9.17) is 9.47 Å². The summed E-state index contributed by atoms with van der Waals surface area (Å²) in [5.74, 6) is 0.409. The zero-order chi connectivity index (χ0) is 29.2. The van der Waals surface area contributed by atoms with Crippen LogP contribution in [0.1, 0.15) is 76.6 Å². The van der Waals surface area contributed by atoms with Crippen LogP contribution in [-0.2, 0) is 9.59 Å². The molecule has 7 nitrogen and oxygen atoms in total. The fourth-order valence-corrected chi connectivity index (χ4v) is 4.93. The number of nitrogens with zero attached hydrogens (tertiary/aromatic N) is 2. The number of ether oxygens (including phenoxy) is 2. The van der Waals surface area contributed by atoms with Crippen molar-refractivity contribution in [2.75, 3.05) is 39.4 Å². The fraction of sp³-hybridized carbons (Fsp3) is 0.515. The Labute approximate surface area is 239 Å². The molecule has 1 amide bonds. The molecule has 2 aromatic carbocycles. The third-order valence-electron chi connectivity index (χ3n) is 7.34. The second-order valence-electron chi connectivity index (χ2n) is 10.8. The Bertz CT molecular complexity index is 1170. The number of Topliss-reactive ketones (excluding diaryl/α,β-unsaturated/α-hetero) is 1. The SMILES string of the molecule is CCCCCOc1ccc(C2/C(=C(\O)c3ccc(OCC(C)C)cc3C)C(=O)C(=O)N2CCN(CC)CC)cc1. The summed E-state index contributed by atoms with van der Waals surface area (Å²) in [6, 6.07) is 12.2. The number of aryl methyl sites for hydroxylation is 1. The van der Waals surface area contributed by atoms with Gasteiger partial charge >= 0.3 is 0 Å². The summed E-state index contributed by atoms with van der Waals surface area (Å²) in [5, 5.41) is 11.5. The minimum Gasteiger partial charge on any atom is -0.507 e. The highest BCUT2D eigenvalue weighted by molar-refractivity contribution is 6.46. The number of carbonyl (C=O) groups is 2. The quantitative estimate of drug-likeness (QED) is 0.120. The number of unbranched alkanes of at least 4 members (excludes halogenated alkanes) is 2. The lowest BCUT2D eigenvalue weighted by atomic mass is 9.94. The highest BCUT2D eigenvalue weighted by Crippen LogP contribution is 2.40. The molecule has 0 saturated carbocycles. The van der Waals surface area contributed by atoms with Gasteiger partial charge in [0.2, 0.25) is 0 Å². The van der Waals surface area contributed by atoms with E-state index in [0.717, 1.165) is 49.2 Å². The van der Waals surface area contributed by atoms with Crippen LogP contribution in [0, 0.1) is 12.8 Å². The van der Waals surface area contributed by atoms with Crippen molar-refractivity contribution in [1.29, 1.82) is 0 Å². The van der Waals surface area contributed by atoms with Crippen LogP contribution in [-0.4, -0.2) is 66.0 Å². The molecule has 7 heteroatoms. The van der Waals surface area contributed by atoms with Crippen molar-refractivity contribution in [3.05, 3.63) is 64.7 Å². The van der Waals surface area contributed by atoms with Crippen molar-refractivity contribution in [3.63, 3.8) is 0 Å². The molecular formula is C33H46N2O5. The molecule has 2 aromatic rings. The molecule has 218 valence electrons. The summed E-state index contributed by atoms with van der Waals surface area (Å²) in [6.07, 6.45) is 3.23. The number of hydrogen-bond donors (Lipinski definition) is 1. The molecular weight excluding hydrogens is 504 g/mol. The molecule has 1 atom stereocenters. The summed E-state index contributed by atoms with van der Waals surface area (Å²) in [5.41, 5.74) is 2.15. The molecule has 1 aliphatic heterocycles. The maximum atomic E-state index is 13.5. The van der Waals surface area contributed by atoms with Crippen molar-refractivity contribution >= 4 is 17.4 Å². The second-order valence-corrected chi connectivity index (χ2v) is 10.8. The Morgan fingerprint density at radius 3 is 2.25 bits per heavy atom. The smallest absolute Gasteiger partial charge is 0.295 e. The lowest BCUT2D eigenvalue weighted by molar-refractivity contribution is -0.140. The van der Waals surface area contributed by atoms with Crippen molar-refractivity contribution in [2.24, 2.45) is 5.92 Å². The number of rotatable bonds is 15. The predicted octanol–water partition coefficient (Wildman–Crippen LogP) is 6.36. The number of carbonyl (C=O) groups excluding carboxylic acids is 2. The van der Waals surface area contributed by atoms with E-state index in [0.29, 0.717) is 43.5 Å². The maximum Gasteiger partial charge on any atom is 0.295 e. The lowest BCUT2D eigenvalue weighted by Gasteiger charge is -2.28.